The average Bonchev–Trinajstić information content (AvgIpc) is 2.63. The number of halogens is 4. The van der Waals surface area contributed by atoms with E-state index in [2.05, 4.69) is 5.32 Å². The van der Waals surface area contributed by atoms with Crippen molar-refractivity contribution >= 4 is 34.2 Å². The summed E-state index contributed by atoms with van der Waals surface area (Å²) in [5, 5.41) is 2.94. The number of esters is 1. The number of carbonyl (C=O) groups is 1. The molecule has 0 aromatic heterocycles. The lowest BCUT2D eigenvalue weighted by Crippen LogP contribution is -2.36. The van der Waals surface area contributed by atoms with Gasteiger partial charge in [-0.05, 0) is 44.5 Å². The maximum atomic E-state index is 12.7. The maximum Gasteiger partial charge on any atom is 0.416 e. The van der Waals surface area contributed by atoms with Crippen LogP contribution < -0.4 is 5.32 Å². The van der Waals surface area contributed by atoms with Crippen molar-refractivity contribution in [1.82, 2.24) is 0 Å². The second-order valence-electron chi connectivity index (χ2n) is 5.86. The zero-order chi connectivity index (χ0) is 16.0. The van der Waals surface area contributed by atoms with Gasteiger partial charge in [-0.25, -0.2) is 4.79 Å². The number of benzene rings is 1. The van der Waals surface area contributed by atoms with E-state index in [9.17, 15) is 18.0 Å². The van der Waals surface area contributed by atoms with E-state index in [1.807, 2.05) is 22.6 Å². The summed E-state index contributed by atoms with van der Waals surface area (Å²) in [5.74, 6) is -0.466. The Bertz CT molecular complexity index is 566. The quantitative estimate of drug-likeness (QED) is 0.424. The predicted octanol–water partition coefficient (Wildman–Crippen LogP) is 4.32. The normalized spacial score (nSPS) is 21.7. The van der Waals surface area contributed by atoms with Crippen LogP contribution in [0.5, 0.6) is 0 Å². The van der Waals surface area contributed by atoms with Crippen LogP contribution in [-0.2, 0) is 15.7 Å². The fraction of sp³-hybridized carbons (Fsp3) is 0.500. The van der Waals surface area contributed by atoms with Crippen molar-refractivity contribution < 1.29 is 22.7 Å². The molecule has 1 aromatic rings. The molecule has 7 heteroatoms. The van der Waals surface area contributed by atoms with E-state index in [1.165, 1.54) is 6.07 Å². The van der Waals surface area contributed by atoms with E-state index < -0.39 is 33.3 Å². The molecule has 0 amide bonds. The molecule has 116 valence electrons. The smallest absolute Gasteiger partial charge is 0.416 e. The van der Waals surface area contributed by atoms with Gasteiger partial charge in [0.1, 0.15) is 11.6 Å². The Morgan fingerprint density at radius 2 is 1.90 bits per heavy atom. The largest absolute Gasteiger partial charge is 0.458 e. The predicted molar refractivity (Wildman–Crippen MR) is 81.5 cm³/mol. The number of hydrogen-bond acceptors (Lipinski definition) is 3. The SMILES string of the molecule is CC(C)(C)OC(=O)C1Nc2ccc(C(F)(F)F)cc2C1I. The summed E-state index contributed by atoms with van der Waals surface area (Å²) in [4.78, 5) is 12.1. The van der Waals surface area contributed by atoms with Gasteiger partial charge in [0.25, 0.3) is 0 Å². The average molecular weight is 413 g/mol. The fourth-order valence-electron chi connectivity index (χ4n) is 2.06. The van der Waals surface area contributed by atoms with Gasteiger partial charge in [0.05, 0.1) is 9.49 Å². The van der Waals surface area contributed by atoms with Crippen LogP contribution in [-0.4, -0.2) is 17.6 Å². The summed E-state index contributed by atoms with van der Waals surface area (Å²) in [6.45, 7) is 5.24. The number of hydrogen-bond donors (Lipinski definition) is 1. The number of fused-ring (bicyclic) bond motifs is 1. The van der Waals surface area contributed by atoms with E-state index in [4.69, 9.17) is 4.74 Å². The van der Waals surface area contributed by atoms with Gasteiger partial charge in [0.15, 0.2) is 0 Å². The lowest BCUT2D eigenvalue weighted by Gasteiger charge is -2.23. The Balaban J connectivity index is 2.25. The van der Waals surface area contributed by atoms with Gasteiger partial charge < -0.3 is 10.1 Å². The first-order valence-electron chi connectivity index (χ1n) is 6.33. The third-order valence-corrected chi connectivity index (χ3v) is 4.33. The molecule has 1 N–H and O–H groups in total. The highest BCUT2D eigenvalue weighted by Crippen LogP contribution is 2.43. The van der Waals surface area contributed by atoms with Crippen molar-refractivity contribution in [3.05, 3.63) is 29.3 Å². The highest BCUT2D eigenvalue weighted by molar-refractivity contribution is 14.1. The van der Waals surface area contributed by atoms with Crippen molar-refractivity contribution in [2.75, 3.05) is 5.32 Å². The Kier molecular flexibility index (Phi) is 4.16. The topological polar surface area (TPSA) is 38.3 Å². The highest BCUT2D eigenvalue weighted by Gasteiger charge is 2.40. The van der Waals surface area contributed by atoms with Crippen LogP contribution in [0.4, 0.5) is 18.9 Å². The van der Waals surface area contributed by atoms with E-state index >= 15 is 0 Å². The van der Waals surface area contributed by atoms with E-state index in [1.54, 1.807) is 20.8 Å². The zero-order valence-corrected chi connectivity index (χ0v) is 13.9. The molecule has 0 spiro atoms. The van der Waals surface area contributed by atoms with Crippen LogP contribution in [0.15, 0.2) is 18.2 Å². The van der Waals surface area contributed by atoms with Crippen molar-refractivity contribution in [1.29, 1.82) is 0 Å². The molecule has 0 saturated heterocycles. The first kappa shape index (κ1) is 16.4. The number of alkyl halides is 4. The van der Waals surface area contributed by atoms with E-state index in [-0.39, 0.29) is 0 Å². The molecular formula is C14H15F3INO2. The van der Waals surface area contributed by atoms with Gasteiger partial charge in [-0.15, -0.1) is 0 Å². The number of anilines is 1. The lowest BCUT2D eigenvalue weighted by molar-refractivity contribution is -0.155. The molecule has 1 aromatic carbocycles. The molecule has 0 bridgehead atoms. The van der Waals surface area contributed by atoms with Gasteiger partial charge in [-0.1, -0.05) is 22.6 Å². The second-order valence-corrected chi connectivity index (χ2v) is 7.20. The summed E-state index contributed by atoms with van der Waals surface area (Å²) in [6.07, 6.45) is -4.39. The van der Waals surface area contributed by atoms with Crippen LogP contribution in [0.3, 0.4) is 0 Å². The van der Waals surface area contributed by atoms with Crippen LogP contribution in [0.1, 0.15) is 35.8 Å². The highest BCUT2D eigenvalue weighted by atomic mass is 127. The van der Waals surface area contributed by atoms with Crippen molar-refractivity contribution in [3.63, 3.8) is 0 Å². The summed E-state index contributed by atoms with van der Waals surface area (Å²) in [7, 11) is 0. The summed E-state index contributed by atoms with van der Waals surface area (Å²) in [5.41, 5.74) is -0.338. The summed E-state index contributed by atoms with van der Waals surface area (Å²) >= 11 is 1.97. The summed E-state index contributed by atoms with van der Waals surface area (Å²) in [6, 6.07) is 2.77. The molecule has 0 radical (unpaired) electrons. The molecule has 3 nitrogen and oxygen atoms in total. The van der Waals surface area contributed by atoms with Crippen LogP contribution in [0.25, 0.3) is 0 Å². The Labute approximate surface area is 134 Å². The Morgan fingerprint density at radius 1 is 1.29 bits per heavy atom. The van der Waals surface area contributed by atoms with Gasteiger partial charge in [0, 0.05) is 5.69 Å². The monoisotopic (exact) mass is 413 g/mol. The van der Waals surface area contributed by atoms with Crippen molar-refractivity contribution in [2.45, 2.75) is 42.5 Å². The first-order valence-corrected chi connectivity index (χ1v) is 7.58. The molecule has 1 heterocycles. The second kappa shape index (κ2) is 5.33. The minimum Gasteiger partial charge on any atom is -0.458 e. The number of rotatable bonds is 1. The van der Waals surface area contributed by atoms with Crippen LogP contribution in [0.2, 0.25) is 0 Å². The molecule has 0 fully saturated rings. The molecule has 0 aliphatic carbocycles. The molecule has 2 atom stereocenters. The zero-order valence-electron chi connectivity index (χ0n) is 11.7. The van der Waals surface area contributed by atoms with Gasteiger partial charge in [-0.3, -0.25) is 0 Å². The van der Waals surface area contributed by atoms with Gasteiger partial charge in [0.2, 0.25) is 0 Å². The van der Waals surface area contributed by atoms with Gasteiger partial charge >= 0.3 is 12.1 Å². The minimum absolute atomic E-state index is 0.408. The van der Waals surface area contributed by atoms with Crippen LogP contribution >= 0.6 is 22.6 Å². The molecule has 0 saturated carbocycles. The van der Waals surface area contributed by atoms with Crippen molar-refractivity contribution in [2.24, 2.45) is 0 Å². The number of ether oxygens (including phenoxy) is 1. The molecule has 2 rings (SSSR count). The van der Waals surface area contributed by atoms with Gasteiger partial charge in [-0.2, -0.15) is 13.2 Å². The number of nitrogens with one attached hydrogen (secondary N) is 1. The van der Waals surface area contributed by atoms with Crippen LogP contribution in [0, 0.1) is 0 Å². The molecule has 2 unspecified atom stereocenters. The van der Waals surface area contributed by atoms with E-state index in [0.29, 0.717) is 11.3 Å². The van der Waals surface area contributed by atoms with E-state index in [0.717, 1.165) is 12.1 Å². The third-order valence-electron chi connectivity index (χ3n) is 2.94. The standard InChI is InChI=1S/C14H15F3INO2/c1-13(2,3)21-12(20)11-10(18)8-6-7(14(15,16)17)4-5-9(8)19-11/h4-6,10-11,19H,1-3H3. The molecular weight excluding hydrogens is 398 g/mol. The van der Waals surface area contributed by atoms with Crippen molar-refractivity contribution in [3.8, 4) is 0 Å². The summed E-state index contributed by atoms with van der Waals surface area (Å²) < 4.78 is 43.1. The minimum atomic E-state index is -4.39. The maximum absolute atomic E-state index is 12.7. The number of carbonyl (C=O) groups excluding carboxylic acids is 1. The fourth-order valence-corrected chi connectivity index (χ4v) is 3.05. The first-order chi connectivity index (χ1) is 9.49. The molecule has 21 heavy (non-hydrogen) atoms. The lowest BCUT2D eigenvalue weighted by atomic mass is 10.1. The Hall–Kier alpha value is -0.990. The Morgan fingerprint density at radius 3 is 2.43 bits per heavy atom. The molecule has 1 aliphatic heterocycles. The third kappa shape index (κ3) is 3.61. The molecule has 1 aliphatic rings.